The molecule has 1 unspecified atom stereocenters. The fourth-order valence-electron chi connectivity index (χ4n) is 2.31. The van der Waals surface area contributed by atoms with E-state index in [9.17, 15) is 0 Å². The van der Waals surface area contributed by atoms with Crippen LogP contribution in [0.15, 0.2) is 46.3 Å². The van der Waals surface area contributed by atoms with Gasteiger partial charge in [0.25, 0.3) is 0 Å². The fourth-order valence-corrected chi connectivity index (χ4v) is 3.66. The van der Waals surface area contributed by atoms with Crippen molar-refractivity contribution in [1.82, 2.24) is 10.2 Å². The lowest BCUT2D eigenvalue weighted by Crippen LogP contribution is -2.25. The van der Waals surface area contributed by atoms with Crippen LogP contribution >= 0.6 is 27.3 Å². The van der Waals surface area contributed by atoms with E-state index < -0.39 is 0 Å². The van der Waals surface area contributed by atoms with E-state index in [1.807, 2.05) is 18.4 Å². The monoisotopic (exact) mass is 352 g/mol. The number of hydrogen-bond acceptors (Lipinski definition) is 3. The third-order valence-corrected chi connectivity index (χ3v) is 5.02. The van der Waals surface area contributed by atoms with Crippen LogP contribution in [-0.2, 0) is 6.54 Å². The molecule has 0 saturated carbocycles. The van der Waals surface area contributed by atoms with E-state index in [0.717, 1.165) is 19.5 Å². The Morgan fingerprint density at radius 3 is 2.70 bits per heavy atom. The first-order chi connectivity index (χ1) is 9.70. The zero-order valence-electron chi connectivity index (χ0n) is 12.0. The number of nitrogens with one attached hydrogen (secondary N) is 1. The Balaban J connectivity index is 1.89. The highest BCUT2D eigenvalue weighted by Crippen LogP contribution is 2.25. The minimum atomic E-state index is 0.386. The predicted molar refractivity (Wildman–Crippen MR) is 91.2 cm³/mol. The average Bonchev–Trinajstić information content (AvgIpc) is 2.94. The first-order valence-electron chi connectivity index (χ1n) is 6.83. The SMILES string of the molecule is CNC(CCN(C)Cc1cccs1)c1ccccc1Br. The lowest BCUT2D eigenvalue weighted by atomic mass is 10.0. The molecule has 2 aromatic rings. The number of thiophene rings is 1. The molecule has 0 radical (unpaired) electrons. The Kier molecular flexibility index (Phi) is 6.23. The third kappa shape index (κ3) is 4.42. The average molecular weight is 353 g/mol. The lowest BCUT2D eigenvalue weighted by molar-refractivity contribution is 0.306. The Morgan fingerprint density at radius 2 is 2.05 bits per heavy atom. The standard InChI is InChI=1S/C16H21BrN2S/c1-18-16(14-7-3-4-8-15(14)17)9-10-19(2)12-13-6-5-11-20-13/h3-8,11,16,18H,9-10,12H2,1-2H3. The summed E-state index contributed by atoms with van der Waals surface area (Å²) in [6.45, 7) is 2.11. The maximum atomic E-state index is 3.64. The van der Waals surface area contributed by atoms with Crippen LogP contribution in [0.25, 0.3) is 0 Å². The molecular formula is C16H21BrN2S. The molecule has 0 amide bonds. The van der Waals surface area contributed by atoms with Crippen LogP contribution in [0.4, 0.5) is 0 Å². The van der Waals surface area contributed by atoms with Gasteiger partial charge in [-0.2, -0.15) is 0 Å². The molecule has 2 rings (SSSR count). The van der Waals surface area contributed by atoms with Gasteiger partial charge in [-0.25, -0.2) is 0 Å². The topological polar surface area (TPSA) is 15.3 Å². The van der Waals surface area contributed by atoms with Crippen molar-refractivity contribution in [3.8, 4) is 0 Å². The summed E-state index contributed by atoms with van der Waals surface area (Å²) in [5.41, 5.74) is 1.33. The van der Waals surface area contributed by atoms with Crippen LogP contribution in [0, 0.1) is 0 Å². The summed E-state index contributed by atoms with van der Waals surface area (Å²) in [5, 5.41) is 5.56. The maximum Gasteiger partial charge on any atom is 0.0340 e. The Labute approximate surface area is 133 Å². The summed E-state index contributed by atoms with van der Waals surface area (Å²) in [5.74, 6) is 0. The molecule has 0 saturated heterocycles. The summed E-state index contributed by atoms with van der Waals surface area (Å²) < 4.78 is 1.18. The quantitative estimate of drug-likeness (QED) is 0.799. The van der Waals surface area contributed by atoms with Gasteiger partial charge in [0.05, 0.1) is 0 Å². The van der Waals surface area contributed by atoms with Crippen molar-refractivity contribution in [2.24, 2.45) is 0 Å². The minimum Gasteiger partial charge on any atom is -0.313 e. The van der Waals surface area contributed by atoms with Gasteiger partial charge in [0.2, 0.25) is 0 Å². The summed E-state index contributed by atoms with van der Waals surface area (Å²) in [6, 6.07) is 13.1. The van der Waals surface area contributed by atoms with Crippen LogP contribution in [0.5, 0.6) is 0 Å². The van der Waals surface area contributed by atoms with Gasteiger partial charge in [-0.15, -0.1) is 11.3 Å². The van der Waals surface area contributed by atoms with Crippen molar-refractivity contribution >= 4 is 27.3 Å². The molecule has 2 nitrogen and oxygen atoms in total. The summed E-state index contributed by atoms with van der Waals surface area (Å²) in [6.07, 6.45) is 1.10. The second-order valence-corrected chi connectivity index (χ2v) is 6.86. The zero-order chi connectivity index (χ0) is 14.4. The largest absolute Gasteiger partial charge is 0.313 e. The smallest absolute Gasteiger partial charge is 0.0340 e. The van der Waals surface area contributed by atoms with E-state index in [1.54, 1.807) is 0 Å². The van der Waals surface area contributed by atoms with Gasteiger partial charge in [-0.05, 0) is 43.6 Å². The molecule has 20 heavy (non-hydrogen) atoms. The molecule has 0 spiro atoms. The van der Waals surface area contributed by atoms with E-state index in [4.69, 9.17) is 0 Å². The Morgan fingerprint density at radius 1 is 1.25 bits per heavy atom. The molecule has 4 heteroatoms. The number of rotatable bonds is 7. The van der Waals surface area contributed by atoms with Gasteiger partial charge in [-0.3, -0.25) is 0 Å². The Bertz CT molecular complexity index is 513. The maximum absolute atomic E-state index is 3.64. The molecule has 108 valence electrons. The molecular weight excluding hydrogens is 332 g/mol. The van der Waals surface area contributed by atoms with E-state index in [-0.39, 0.29) is 0 Å². The highest BCUT2D eigenvalue weighted by atomic mass is 79.9. The van der Waals surface area contributed by atoms with E-state index in [2.05, 4.69) is 75.0 Å². The van der Waals surface area contributed by atoms with Gasteiger partial charge in [0.1, 0.15) is 0 Å². The van der Waals surface area contributed by atoms with Crippen molar-refractivity contribution in [1.29, 1.82) is 0 Å². The predicted octanol–water partition coefficient (Wildman–Crippen LogP) is 4.29. The van der Waals surface area contributed by atoms with Crippen molar-refractivity contribution < 1.29 is 0 Å². The summed E-state index contributed by atoms with van der Waals surface area (Å²) >= 11 is 5.47. The van der Waals surface area contributed by atoms with Crippen LogP contribution in [0.2, 0.25) is 0 Å². The Hall–Kier alpha value is -0.680. The van der Waals surface area contributed by atoms with E-state index >= 15 is 0 Å². The van der Waals surface area contributed by atoms with Crippen molar-refractivity contribution in [3.05, 3.63) is 56.7 Å². The summed E-state index contributed by atoms with van der Waals surface area (Å²) in [4.78, 5) is 3.81. The molecule has 0 aliphatic heterocycles. The highest BCUT2D eigenvalue weighted by Gasteiger charge is 2.13. The highest BCUT2D eigenvalue weighted by molar-refractivity contribution is 9.10. The molecule has 1 N–H and O–H groups in total. The first-order valence-corrected chi connectivity index (χ1v) is 8.50. The van der Waals surface area contributed by atoms with Crippen LogP contribution in [0.3, 0.4) is 0 Å². The van der Waals surface area contributed by atoms with Crippen molar-refractivity contribution in [2.75, 3.05) is 20.6 Å². The van der Waals surface area contributed by atoms with Crippen molar-refractivity contribution in [2.45, 2.75) is 19.0 Å². The normalized spacial score (nSPS) is 12.8. The minimum absolute atomic E-state index is 0.386. The second kappa shape index (κ2) is 7.93. The molecule has 1 heterocycles. The molecule has 0 bridgehead atoms. The molecule has 1 aromatic carbocycles. The molecule has 1 atom stereocenters. The van der Waals surface area contributed by atoms with Crippen LogP contribution < -0.4 is 5.32 Å². The summed E-state index contributed by atoms with van der Waals surface area (Å²) in [7, 11) is 4.22. The van der Waals surface area contributed by atoms with Crippen molar-refractivity contribution in [3.63, 3.8) is 0 Å². The van der Waals surface area contributed by atoms with Gasteiger partial charge < -0.3 is 10.2 Å². The van der Waals surface area contributed by atoms with Gasteiger partial charge in [0.15, 0.2) is 0 Å². The second-order valence-electron chi connectivity index (χ2n) is 4.97. The van der Waals surface area contributed by atoms with E-state index in [1.165, 1.54) is 14.9 Å². The lowest BCUT2D eigenvalue weighted by Gasteiger charge is -2.22. The van der Waals surface area contributed by atoms with Gasteiger partial charge in [-0.1, -0.05) is 40.2 Å². The molecule has 1 aromatic heterocycles. The molecule has 0 fully saturated rings. The number of halogens is 1. The number of nitrogens with zero attached hydrogens (tertiary/aromatic N) is 1. The molecule has 0 aliphatic rings. The van der Waals surface area contributed by atoms with E-state index in [0.29, 0.717) is 6.04 Å². The van der Waals surface area contributed by atoms with Gasteiger partial charge in [0, 0.05) is 28.5 Å². The van der Waals surface area contributed by atoms with Crippen LogP contribution in [-0.4, -0.2) is 25.5 Å². The number of benzene rings is 1. The zero-order valence-corrected chi connectivity index (χ0v) is 14.4. The number of hydrogen-bond donors (Lipinski definition) is 1. The third-order valence-electron chi connectivity index (χ3n) is 3.43. The van der Waals surface area contributed by atoms with Crippen LogP contribution in [0.1, 0.15) is 22.9 Å². The van der Waals surface area contributed by atoms with Gasteiger partial charge >= 0.3 is 0 Å². The first kappa shape index (κ1) is 15.7. The molecule has 0 aliphatic carbocycles. The fraction of sp³-hybridized carbons (Fsp3) is 0.375.